The molecule has 0 aliphatic carbocycles. The Morgan fingerprint density at radius 2 is 1.94 bits per heavy atom. The van der Waals surface area contributed by atoms with E-state index in [1.165, 1.54) is 25.3 Å². The number of aliphatic hydroxyl groups is 1. The summed E-state index contributed by atoms with van der Waals surface area (Å²) in [4.78, 5) is 15.3. The van der Waals surface area contributed by atoms with Gasteiger partial charge in [-0.3, -0.25) is 5.10 Å². The number of alkyl halides is 3. The lowest BCUT2D eigenvalue weighted by atomic mass is 10.0. The van der Waals surface area contributed by atoms with Gasteiger partial charge < -0.3 is 15.2 Å². The van der Waals surface area contributed by atoms with E-state index in [1.807, 2.05) is 0 Å². The number of carbonyl (C=O) groups excluding carboxylic acids is 1. The number of aliphatic hydroxyl groups excluding tert-OH is 1. The molecule has 4 rings (SSSR count). The number of hydrogen-bond acceptors (Lipinski definition) is 8. The summed E-state index contributed by atoms with van der Waals surface area (Å²) in [6, 6.07) is 8.83. The normalized spacial score (nSPS) is 19.1. The van der Waals surface area contributed by atoms with E-state index < -0.39 is 39.9 Å². The molecule has 0 amide bonds. The van der Waals surface area contributed by atoms with Crippen LogP contribution in [0.3, 0.4) is 0 Å². The molecule has 0 radical (unpaired) electrons. The molecule has 1 fully saturated rings. The number of aromatic amines is 1. The van der Waals surface area contributed by atoms with Gasteiger partial charge in [-0.15, -0.1) is 0 Å². The highest BCUT2D eigenvalue weighted by Crippen LogP contribution is 2.30. The Labute approximate surface area is 204 Å². The number of β-amino-alcohol motifs (C(OH)–C–C–N with tert-alkyl or cyclic N) is 1. The molecule has 3 N–H and O–H groups in total. The number of halogens is 3. The van der Waals surface area contributed by atoms with Gasteiger partial charge in [-0.2, -0.15) is 22.6 Å². The molecular formula is C22H22F3N5O5S. The molecule has 0 bridgehead atoms. The van der Waals surface area contributed by atoms with Gasteiger partial charge >= 0.3 is 12.1 Å². The lowest BCUT2D eigenvalue weighted by molar-refractivity contribution is -0.137. The summed E-state index contributed by atoms with van der Waals surface area (Å²) in [6.45, 7) is -0.120. The summed E-state index contributed by atoms with van der Waals surface area (Å²) in [6.07, 6.45) is -4.72. The summed E-state index contributed by atoms with van der Waals surface area (Å²) in [5.74, 6) is -0.439. The van der Waals surface area contributed by atoms with Gasteiger partial charge in [0.15, 0.2) is 0 Å². The number of rotatable bonds is 6. The zero-order valence-corrected chi connectivity index (χ0v) is 19.7. The van der Waals surface area contributed by atoms with Gasteiger partial charge in [0.1, 0.15) is 11.5 Å². The van der Waals surface area contributed by atoms with Crippen molar-refractivity contribution in [3.05, 3.63) is 59.9 Å². The van der Waals surface area contributed by atoms with E-state index in [-0.39, 0.29) is 35.9 Å². The zero-order valence-electron chi connectivity index (χ0n) is 18.9. The van der Waals surface area contributed by atoms with Crippen LogP contribution in [0, 0.1) is 0 Å². The maximum Gasteiger partial charge on any atom is 0.417 e. The van der Waals surface area contributed by atoms with Crippen LogP contribution in [0.25, 0.3) is 11.3 Å². The van der Waals surface area contributed by atoms with Crippen LogP contribution in [0.15, 0.2) is 53.6 Å². The molecule has 14 heteroatoms. The second-order valence-corrected chi connectivity index (χ2v) is 10.0. The first-order valence-corrected chi connectivity index (χ1v) is 12.1. The van der Waals surface area contributed by atoms with Crippen molar-refractivity contribution in [2.24, 2.45) is 0 Å². The number of hydrogen-bond donors (Lipinski definition) is 3. The number of nitrogens with zero attached hydrogens (tertiary/aromatic N) is 3. The zero-order chi connectivity index (χ0) is 26.1. The van der Waals surface area contributed by atoms with Crippen LogP contribution in [0.5, 0.6) is 0 Å². The fourth-order valence-electron chi connectivity index (χ4n) is 3.76. The highest BCUT2D eigenvalue weighted by molar-refractivity contribution is 7.89. The van der Waals surface area contributed by atoms with Crippen LogP contribution in [-0.4, -0.2) is 71.3 Å². The fourth-order valence-corrected chi connectivity index (χ4v) is 5.23. The average Bonchev–Trinajstić information content (AvgIpc) is 3.35. The SMILES string of the molecule is COC(=O)c1cc(-c2ccc(S(=O)(=O)N3CC[C@@H](Nc4ccc(C(F)(F)F)cn4)[C@@H](O)C3)cc2)n[nH]1. The standard InChI is InChI=1S/C22H22F3N5O5S/c1-35-21(32)18-10-17(28-29-18)13-2-5-15(6-3-13)36(33,34)30-9-8-16(19(31)12-30)27-20-7-4-14(11-26-20)22(23,24)25/h2-7,10-11,16,19,31H,8-9,12H2,1H3,(H,26,27)(H,28,29)/t16-,19+/m1/s1. The van der Waals surface area contributed by atoms with Crippen molar-refractivity contribution in [3.8, 4) is 11.3 Å². The Morgan fingerprint density at radius 1 is 1.22 bits per heavy atom. The number of aromatic nitrogens is 3. The van der Waals surface area contributed by atoms with Crippen LogP contribution in [0.1, 0.15) is 22.5 Å². The number of esters is 1. The van der Waals surface area contributed by atoms with Crippen molar-refractivity contribution < 1.29 is 36.2 Å². The molecular weight excluding hydrogens is 503 g/mol. The molecule has 2 atom stereocenters. The van der Waals surface area contributed by atoms with Crippen molar-refractivity contribution in [1.82, 2.24) is 19.5 Å². The average molecular weight is 526 g/mol. The van der Waals surface area contributed by atoms with E-state index in [4.69, 9.17) is 0 Å². The molecule has 10 nitrogen and oxygen atoms in total. The van der Waals surface area contributed by atoms with E-state index in [0.717, 1.165) is 16.4 Å². The third kappa shape index (κ3) is 5.34. The smallest absolute Gasteiger partial charge is 0.417 e. The van der Waals surface area contributed by atoms with Gasteiger partial charge in [0.2, 0.25) is 10.0 Å². The first kappa shape index (κ1) is 25.6. The van der Waals surface area contributed by atoms with Crippen molar-refractivity contribution >= 4 is 21.8 Å². The Balaban J connectivity index is 1.41. The Hall–Kier alpha value is -3.49. The molecule has 1 saturated heterocycles. The number of nitrogens with one attached hydrogen (secondary N) is 2. The van der Waals surface area contributed by atoms with Gasteiger partial charge in [0, 0.05) is 24.8 Å². The van der Waals surface area contributed by atoms with E-state index in [0.29, 0.717) is 17.5 Å². The fraction of sp³-hybridized carbons (Fsp3) is 0.318. The second kappa shape index (κ2) is 9.87. The highest BCUT2D eigenvalue weighted by Gasteiger charge is 2.35. The van der Waals surface area contributed by atoms with Crippen LogP contribution in [-0.2, 0) is 20.9 Å². The predicted octanol–water partition coefficient (Wildman–Crippen LogP) is 2.51. The van der Waals surface area contributed by atoms with Gasteiger partial charge in [-0.05, 0) is 36.8 Å². The molecule has 0 saturated carbocycles. The number of H-pyrrole nitrogens is 1. The Kier molecular flexibility index (Phi) is 7.02. The van der Waals surface area contributed by atoms with E-state index in [1.54, 1.807) is 12.1 Å². The molecule has 1 aliphatic rings. The Bertz CT molecular complexity index is 1330. The topological polar surface area (TPSA) is 138 Å². The molecule has 0 spiro atoms. The number of sulfonamides is 1. The van der Waals surface area contributed by atoms with Crippen LogP contribution in [0.4, 0.5) is 19.0 Å². The third-order valence-corrected chi connectivity index (χ3v) is 7.62. The molecule has 2 aromatic heterocycles. The number of benzene rings is 1. The van der Waals surface area contributed by atoms with Crippen molar-refractivity contribution in [2.75, 3.05) is 25.5 Å². The predicted molar refractivity (Wildman–Crippen MR) is 121 cm³/mol. The summed E-state index contributed by atoms with van der Waals surface area (Å²) >= 11 is 0. The van der Waals surface area contributed by atoms with Crippen molar-refractivity contribution in [1.29, 1.82) is 0 Å². The van der Waals surface area contributed by atoms with Gasteiger partial charge in [0.25, 0.3) is 0 Å². The van der Waals surface area contributed by atoms with E-state index in [9.17, 15) is 31.5 Å². The minimum absolute atomic E-state index is 0.0120. The number of ether oxygens (including phenoxy) is 1. The maximum absolute atomic E-state index is 13.1. The molecule has 1 aromatic carbocycles. The van der Waals surface area contributed by atoms with E-state index in [2.05, 4.69) is 25.2 Å². The summed E-state index contributed by atoms with van der Waals surface area (Å²) < 4.78 is 70.1. The largest absolute Gasteiger partial charge is 0.464 e. The minimum Gasteiger partial charge on any atom is -0.464 e. The second-order valence-electron chi connectivity index (χ2n) is 8.08. The molecule has 0 unspecified atom stereocenters. The summed E-state index contributed by atoms with van der Waals surface area (Å²) in [5, 5.41) is 20.0. The monoisotopic (exact) mass is 525 g/mol. The number of methoxy groups -OCH3 is 1. The van der Waals surface area contributed by atoms with Gasteiger partial charge in [0.05, 0.1) is 35.4 Å². The van der Waals surface area contributed by atoms with Crippen LogP contribution >= 0.6 is 0 Å². The van der Waals surface area contributed by atoms with Crippen molar-refractivity contribution in [3.63, 3.8) is 0 Å². The minimum atomic E-state index is -4.51. The lowest BCUT2D eigenvalue weighted by Crippen LogP contribution is -2.51. The van der Waals surface area contributed by atoms with Gasteiger partial charge in [-0.1, -0.05) is 12.1 Å². The number of piperidine rings is 1. The molecule has 1 aliphatic heterocycles. The quantitative estimate of drug-likeness (QED) is 0.418. The molecule has 3 heterocycles. The maximum atomic E-state index is 13.1. The Morgan fingerprint density at radius 3 is 2.53 bits per heavy atom. The summed E-state index contributed by atoms with van der Waals surface area (Å²) in [5.41, 5.74) is 0.267. The molecule has 36 heavy (non-hydrogen) atoms. The summed E-state index contributed by atoms with van der Waals surface area (Å²) in [7, 11) is -2.68. The number of pyridine rings is 1. The molecule has 3 aromatic rings. The number of anilines is 1. The first-order valence-electron chi connectivity index (χ1n) is 10.7. The van der Waals surface area contributed by atoms with Crippen molar-refractivity contribution in [2.45, 2.75) is 29.6 Å². The lowest BCUT2D eigenvalue weighted by Gasteiger charge is -2.35. The molecule has 192 valence electrons. The number of carbonyl (C=O) groups is 1. The van der Waals surface area contributed by atoms with Crippen LogP contribution in [0.2, 0.25) is 0 Å². The third-order valence-electron chi connectivity index (χ3n) is 5.74. The van der Waals surface area contributed by atoms with Crippen LogP contribution < -0.4 is 5.32 Å². The van der Waals surface area contributed by atoms with Gasteiger partial charge in [-0.25, -0.2) is 18.2 Å². The first-order chi connectivity index (χ1) is 17.0. The highest BCUT2D eigenvalue weighted by atomic mass is 32.2. The van der Waals surface area contributed by atoms with E-state index >= 15 is 0 Å².